The fourth-order valence-corrected chi connectivity index (χ4v) is 3.71. The highest BCUT2D eigenvalue weighted by molar-refractivity contribution is 5.78. The van der Waals surface area contributed by atoms with Crippen LogP contribution in [0, 0.1) is 0 Å². The Labute approximate surface area is 186 Å². The van der Waals surface area contributed by atoms with Crippen LogP contribution >= 0.6 is 0 Å². The van der Waals surface area contributed by atoms with Crippen molar-refractivity contribution in [3.8, 4) is 11.5 Å². The van der Waals surface area contributed by atoms with Gasteiger partial charge in [-0.25, -0.2) is 4.98 Å². The molecule has 168 valence electrons. The molecule has 8 nitrogen and oxygen atoms in total. The van der Waals surface area contributed by atoms with Gasteiger partial charge in [-0.15, -0.1) is 0 Å². The van der Waals surface area contributed by atoms with Crippen LogP contribution in [0.1, 0.15) is 25.6 Å². The van der Waals surface area contributed by atoms with E-state index in [4.69, 9.17) is 14.2 Å². The Hall–Kier alpha value is -3.39. The summed E-state index contributed by atoms with van der Waals surface area (Å²) in [5, 5.41) is 0.520. The van der Waals surface area contributed by atoms with E-state index in [1.54, 1.807) is 47.4 Å². The number of hydrogen-bond acceptors (Lipinski definition) is 6. The Bertz CT molecular complexity index is 1110. The number of rotatable bonds is 9. The SMILES string of the molecule is CCOc1ccc(OCC(=O)N(Cc2nc3ccccc3c(=O)[nH]2)CC2CCCO2)cc1. The van der Waals surface area contributed by atoms with Gasteiger partial charge in [0.2, 0.25) is 0 Å². The first-order valence-corrected chi connectivity index (χ1v) is 10.9. The van der Waals surface area contributed by atoms with Crippen molar-refractivity contribution in [3.63, 3.8) is 0 Å². The first-order valence-electron chi connectivity index (χ1n) is 10.9. The summed E-state index contributed by atoms with van der Waals surface area (Å²) in [7, 11) is 0. The summed E-state index contributed by atoms with van der Waals surface area (Å²) in [6.45, 7) is 3.66. The van der Waals surface area contributed by atoms with E-state index >= 15 is 0 Å². The van der Waals surface area contributed by atoms with Crippen molar-refractivity contribution in [1.29, 1.82) is 0 Å². The Morgan fingerprint density at radius 2 is 1.91 bits per heavy atom. The number of ether oxygens (including phenoxy) is 3. The minimum atomic E-state index is -0.222. The van der Waals surface area contributed by atoms with Crippen LogP contribution in [-0.2, 0) is 16.1 Å². The van der Waals surface area contributed by atoms with Gasteiger partial charge in [-0.2, -0.15) is 0 Å². The van der Waals surface area contributed by atoms with Crippen LogP contribution in [0.25, 0.3) is 10.9 Å². The summed E-state index contributed by atoms with van der Waals surface area (Å²) in [5.41, 5.74) is 0.377. The van der Waals surface area contributed by atoms with E-state index in [2.05, 4.69) is 9.97 Å². The van der Waals surface area contributed by atoms with Gasteiger partial charge in [-0.05, 0) is 56.2 Å². The van der Waals surface area contributed by atoms with Crippen LogP contribution in [-0.4, -0.2) is 53.2 Å². The highest BCUT2D eigenvalue weighted by Gasteiger charge is 2.24. The van der Waals surface area contributed by atoms with Gasteiger partial charge in [0, 0.05) is 13.2 Å². The summed E-state index contributed by atoms with van der Waals surface area (Å²) in [6.07, 6.45) is 1.84. The number of hydrogen-bond donors (Lipinski definition) is 1. The van der Waals surface area contributed by atoms with Crippen molar-refractivity contribution < 1.29 is 19.0 Å². The second-order valence-electron chi connectivity index (χ2n) is 7.63. The molecule has 0 bridgehead atoms. The van der Waals surface area contributed by atoms with E-state index in [0.717, 1.165) is 18.6 Å². The molecule has 1 amide bonds. The van der Waals surface area contributed by atoms with Gasteiger partial charge in [-0.1, -0.05) is 12.1 Å². The molecule has 1 aliphatic heterocycles. The lowest BCUT2D eigenvalue weighted by Gasteiger charge is -2.25. The van der Waals surface area contributed by atoms with Crippen molar-refractivity contribution in [1.82, 2.24) is 14.9 Å². The number of aromatic amines is 1. The lowest BCUT2D eigenvalue weighted by atomic mass is 10.2. The van der Waals surface area contributed by atoms with Crippen LogP contribution in [0.2, 0.25) is 0 Å². The molecule has 32 heavy (non-hydrogen) atoms. The molecule has 1 unspecified atom stereocenters. The van der Waals surface area contributed by atoms with E-state index in [0.29, 0.717) is 42.2 Å². The lowest BCUT2D eigenvalue weighted by Crippen LogP contribution is -2.40. The third-order valence-corrected chi connectivity index (χ3v) is 5.30. The van der Waals surface area contributed by atoms with Gasteiger partial charge in [0.05, 0.1) is 30.2 Å². The van der Waals surface area contributed by atoms with E-state index in [1.165, 1.54) is 0 Å². The molecule has 3 aromatic rings. The van der Waals surface area contributed by atoms with Crippen molar-refractivity contribution >= 4 is 16.8 Å². The zero-order chi connectivity index (χ0) is 22.3. The molecule has 1 N–H and O–H groups in total. The van der Waals surface area contributed by atoms with E-state index < -0.39 is 0 Å². The number of benzene rings is 2. The third-order valence-electron chi connectivity index (χ3n) is 5.30. The van der Waals surface area contributed by atoms with Crippen LogP contribution in [0.3, 0.4) is 0 Å². The van der Waals surface area contributed by atoms with Gasteiger partial charge >= 0.3 is 0 Å². The molecule has 2 heterocycles. The molecule has 1 aromatic heterocycles. The Kier molecular flexibility index (Phi) is 7.01. The smallest absolute Gasteiger partial charge is 0.261 e. The van der Waals surface area contributed by atoms with Gasteiger partial charge < -0.3 is 24.1 Å². The monoisotopic (exact) mass is 437 g/mol. The number of nitrogens with zero attached hydrogens (tertiary/aromatic N) is 2. The molecular weight excluding hydrogens is 410 g/mol. The lowest BCUT2D eigenvalue weighted by molar-refractivity contribution is -0.135. The number of aromatic nitrogens is 2. The number of carbonyl (C=O) groups excluding carboxylic acids is 1. The van der Waals surface area contributed by atoms with E-state index in [-0.39, 0.29) is 30.7 Å². The zero-order valence-electron chi connectivity index (χ0n) is 18.1. The highest BCUT2D eigenvalue weighted by Crippen LogP contribution is 2.19. The molecule has 1 saturated heterocycles. The summed E-state index contributed by atoms with van der Waals surface area (Å²) >= 11 is 0. The topological polar surface area (TPSA) is 93.8 Å². The largest absolute Gasteiger partial charge is 0.494 e. The molecule has 2 aromatic carbocycles. The predicted molar refractivity (Wildman–Crippen MR) is 120 cm³/mol. The molecule has 1 aliphatic rings. The van der Waals surface area contributed by atoms with Gasteiger partial charge in [-0.3, -0.25) is 9.59 Å². The number of carbonyl (C=O) groups is 1. The van der Waals surface area contributed by atoms with Crippen molar-refractivity contribution in [2.75, 3.05) is 26.4 Å². The fourth-order valence-electron chi connectivity index (χ4n) is 3.71. The molecule has 0 spiro atoms. The average Bonchev–Trinajstić information content (AvgIpc) is 3.31. The van der Waals surface area contributed by atoms with Crippen molar-refractivity contribution in [2.24, 2.45) is 0 Å². The number of amides is 1. The molecule has 4 rings (SSSR count). The molecule has 0 aliphatic carbocycles. The normalized spacial score (nSPS) is 15.6. The first-order chi connectivity index (χ1) is 15.6. The van der Waals surface area contributed by atoms with E-state index in [1.807, 2.05) is 13.0 Å². The first kappa shape index (κ1) is 21.8. The Balaban J connectivity index is 1.47. The van der Waals surface area contributed by atoms with Gasteiger partial charge in [0.15, 0.2) is 6.61 Å². The van der Waals surface area contributed by atoms with Gasteiger partial charge in [0.1, 0.15) is 17.3 Å². The number of fused-ring (bicyclic) bond motifs is 1. The number of para-hydroxylation sites is 1. The highest BCUT2D eigenvalue weighted by atomic mass is 16.5. The Morgan fingerprint density at radius 1 is 1.16 bits per heavy atom. The number of H-pyrrole nitrogens is 1. The Morgan fingerprint density at radius 3 is 2.62 bits per heavy atom. The summed E-state index contributed by atoms with van der Waals surface area (Å²) in [5.74, 6) is 1.56. The minimum Gasteiger partial charge on any atom is -0.494 e. The van der Waals surface area contributed by atoms with Crippen LogP contribution in [0.4, 0.5) is 0 Å². The maximum Gasteiger partial charge on any atom is 0.261 e. The predicted octanol–water partition coefficient (Wildman–Crippen LogP) is 2.91. The third kappa shape index (κ3) is 5.45. The standard InChI is InChI=1S/C24H27N3O5/c1-2-30-17-9-11-18(12-10-17)32-16-23(28)27(14-19-6-5-13-31-19)15-22-25-21-8-4-3-7-20(21)24(29)26-22/h3-4,7-12,19H,2,5-6,13-16H2,1H3,(H,25,26,29). The molecule has 1 atom stereocenters. The maximum atomic E-state index is 13.0. The van der Waals surface area contributed by atoms with Crippen LogP contribution < -0.4 is 15.0 Å². The summed E-state index contributed by atoms with van der Waals surface area (Å²) in [6, 6.07) is 14.3. The average molecular weight is 437 g/mol. The molecule has 1 fully saturated rings. The molecule has 0 saturated carbocycles. The number of nitrogens with one attached hydrogen (secondary N) is 1. The molecular formula is C24H27N3O5. The van der Waals surface area contributed by atoms with E-state index in [9.17, 15) is 9.59 Å². The summed E-state index contributed by atoms with van der Waals surface area (Å²) < 4.78 is 16.8. The van der Waals surface area contributed by atoms with Gasteiger partial charge in [0.25, 0.3) is 11.5 Å². The quantitative estimate of drug-likeness (QED) is 0.553. The second kappa shape index (κ2) is 10.3. The zero-order valence-corrected chi connectivity index (χ0v) is 18.1. The van der Waals surface area contributed by atoms with Crippen LogP contribution in [0.15, 0.2) is 53.3 Å². The maximum absolute atomic E-state index is 13.0. The van der Waals surface area contributed by atoms with Crippen LogP contribution in [0.5, 0.6) is 11.5 Å². The van der Waals surface area contributed by atoms with Crippen molar-refractivity contribution in [3.05, 3.63) is 64.7 Å². The molecule has 0 radical (unpaired) electrons. The second-order valence-corrected chi connectivity index (χ2v) is 7.63. The summed E-state index contributed by atoms with van der Waals surface area (Å²) in [4.78, 5) is 34.4. The molecule has 8 heteroatoms. The minimum absolute atomic E-state index is 0.0309. The van der Waals surface area contributed by atoms with Crippen molar-refractivity contribution in [2.45, 2.75) is 32.4 Å². The fraction of sp³-hybridized carbons (Fsp3) is 0.375.